The zero-order chi connectivity index (χ0) is 21.8. The van der Waals surface area contributed by atoms with Crippen LogP contribution in [0.4, 0.5) is 5.69 Å². The SMILES string of the molecule is COc1cccc(COc2cccc(NC(=O)c3ccc4cccc(Br)c4c3)c2C)c1. The first-order valence-corrected chi connectivity index (χ1v) is 10.7. The summed E-state index contributed by atoms with van der Waals surface area (Å²) in [6, 6.07) is 25.1. The quantitative estimate of drug-likeness (QED) is 0.335. The van der Waals surface area contributed by atoms with Gasteiger partial charge in [0.05, 0.1) is 7.11 Å². The lowest BCUT2D eigenvalue weighted by molar-refractivity contribution is 0.102. The van der Waals surface area contributed by atoms with Crippen molar-refractivity contribution in [2.45, 2.75) is 13.5 Å². The number of anilines is 1. The van der Waals surface area contributed by atoms with E-state index in [1.54, 1.807) is 7.11 Å². The monoisotopic (exact) mass is 475 g/mol. The van der Waals surface area contributed by atoms with Crippen LogP contribution in [0.1, 0.15) is 21.5 Å². The van der Waals surface area contributed by atoms with E-state index in [0.717, 1.165) is 43.6 Å². The van der Waals surface area contributed by atoms with Crippen LogP contribution in [0.15, 0.2) is 83.3 Å². The highest BCUT2D eigenvalue weighted by Gasteiger charge is 2.12. The Hall–Kier alpha value is -3.31. The van der Waals surface area contributed by atoms with Gasteiger partial charge < -0.3 is 14.8 Å². The molecule has 31 heavy (non-hydrogen) atoms. The molecular weight excluding hydrogens is 454 g/mol. The minimum atomic E-state index is -0.161. The van der Waals surface area contributed by atoms with E-state index in [-0.39, 0.29) is 5.91 Å². The first-order valence-electron chi connectivity index (χ1n) is 9.90. The third kappa shape index (κ3) is 4.72. The first-order chi connectivity index (χ1) is 15.0. The molecule has 4 aromatic rings. The van der Waals surface area contributed by atoms with Crippen molar-refractivity contribution < 1.29 is 14.3 Å². The first kappa shape index (κ1) is 20.9. The van der Waals surface area contributed by atoms with Crippen LogP contribution in [-0.2, 0) is 6.61 Å². The van der Waals surface area contributed by atoms with Crippen molar-refractivity contribution in [1.29, 1.82) is 0 Å². The normalized spacial score (nSPS) is 10.7. The highest BCUT2D eigenvalue weighted by atomic mass is 79.9. The summed E-state index contributed by atoms with van der Waals surface area (Å²) >= 11 is 3.56. The molecule has 4 nitrogen and oxygen atoms in total. The fraction of sp³-hybridized carbons (Fsp3) is 0.115. The highest BCUT2D eigenvalue weighted by molar-refractivity contribution is 9.10. The van der Waals surface area contributed by atoms with Gasteiger partial charge in [0, 0.05) is 21.3 Å². The summed E-state index contributed by atoms with van der Waals surface area (Å²) in [5.41, 5.74) is 3.21. The number of nitrogens with one attached hydrogen (secondary N) is 1. The molecule has 1 amide bonds. The van der Waals surface area contributed by atoms with E-state index in [9.17, 15) is 4.79 Å². The lowest BCUT2D eigenvalue weighted by Crippen LogP contribution is -2.13. The van der Waals surface area contributed by atoms with Crippen LogP contribution in [0.3, 0.4) is 0 Å². The maximum absolute atomic E-state index is 12.9. The highest BCUT2D eigenvalue weighted by Crippen LogP contribution is 2.28. The van der Waals surface area contributed by atoms with Gasteiger partial charge in [0.15, 0.2) is 0 Å². The Bertz CT molecular complexity index is 1250. The summed E-state index contributed by atoms with van der Waals surface area (Å²) in [6.07, 6.45) is 0. The number of fused-ring (bicyclic) bond motifs is 1. The van der Waals surface area contributed by atoms with Gasteiger partial charge in [-0.15, -0.1) is 0 Å². The van der Waals surface area contributed by atoms with Crippen molar-refractivity contribution in [1.82, 2.24) is 0 Å². The number of hydrogen-bond donors (Lipinski definition) is 1. The number of carbonyl (C=O) groups is 1. The standard InChI is InChI=1S/C26H22BrNO3/c1-17-24(10-5-11-25(17)31-16-18-6-3-8-21(14-18)30-2)28-26(29)20-13-12-19-7-4-9-23(27)22(19)15-20/h3-15H,16H2,1-2H3,(H,28,29). The Morgan fingerprint density at radius 1 is 0.968 bits per heavy atom. The zero-order valence-electron chi connectivity index (χ0n) is 17.3. The van der Waals surface area contributed by atoms with Gasteiger partial charge in [-0.05, 0) is 65.7 Å². The average Bonchev–Trinajstić information content (AvgIpc) is 2.80. The molecule has 0 aliphatic heterocycles. The second-order valence-corrected chi connectivity index (χ2v) is 8.05. The molecule has 0 aliphatic rings. The zero-order valence-corrected chi connectivity index (χ0v) is 18.9. The van der Waals surface area contributed by atoms with E-state index in [4.69, 9.17) is 9.47 Å². The average molecular weight is 476 g/mol. The summed E-state index contributed by atoms with van der Waals surface area (Å²) in [5.74, 6) is 1.36. The Morgan fingerprint density at radius 3 is 2.61 bits per heavy atom. The molecule has 1 N–H and O–H groups in total. The molecule has 0 radical (unpaired) electrons. The number of halogens is 1. The van der Waals surface area contributed by atoms with E-state index in [2.05, 4.69) is 21.2 Å². The molecule has 0 bridgehead atoms. The Kier molecular flexibility index (Phi) is 6.23. The molecule has 0 heterocycles. The summed E-state index contributed by atoms with van der Waals surface area (Å²) in [6.45, 7) is 2.35. The molecule has 0 unspecified atom stereocenters. The number of amides is 1. The van der Waals surface area contributed by atoms with Gasteiger partial charge in [-0.25, -0.2) is 0 Å². The van der Waals surface area contributed by atoms with Crippen LogP contribution in [0.25, 0.3) is 10.8 Å². The van der Waals surface area contributed by atoms with Gasteiger partial charge in [-0.2, -0.15) is 0 Å². The molecular formula is C26H22BrNO3. The predicted octanol–water partition coefficient (Wildman–Crippen LogP) is 6.75. The largest absolute Gasteiger partial charge is 0.497 e. The molecule has 0 aromatic heterocycles. The molecule has 0 spiro atoms. The summed E-state index contributed by atoms with van der Waals surface area (Å²) in [7, 11) is 1.64. The second kappa shape index (κ2) is 9.23. The molecule has 0 fully saturated rings. The number of hydrogen-bond acceptors (Lipinski definition) is 3. The van der Waals surface area contributed by atoms with E-state index in [1.807, 2.05) is 85.8 Å². The summed E-state index contributed by atoms with van der Waals surface area (Å²) in [4.78, 5) is 12.9. The summed E-state index contributed by atoms with van der Waals surface area (Å²) in [5, 5.41) is 5.09. The van der Waals surface area contributed by atoms with Crippen molar-refractivity contribution in [3.63, 3.8) is 0 Å². The van der Waals surface area contributed by atoms with Gasteiger partial charge in [0.2, 0.25) is 0 Å². The van der Waals surface area contributed by atoms with Crippen molar-refractivity contribution in [3.8, 4) is 11.5 Å². The molecule has 4 aromatic carbocycles. The van der Waals surface area contributed by atoms with E-state index in [0.29, 0.717) is 12.2 Å². The Balaban J connectivity index is 1.51. The van der Waals surface area contributed by atoms with Crippen LogP contribution in [0, 0.1) is 6.92 Å². The van der Waals surface area contributed by atoms with Crippen LogP contribution in [0.2, 0.25) is 0 Å². The molecule has 0 saturated carbocycles. The number of carbonyl (C=O) groups excluding carboxylic acids is 1. The van der Waals surface area contributed by atoms with Crippen molar-refractivity contribution in [2.24, 2.45) is 0 Å². The molecule has 0 aliphatic carbocycles. The molecule has 0 atom stereocenters. The van der Waals surface area contributed by atoms with E-state index < -0.39 is 0 Å². The van der Waals surface area contributed by atoms with Gasteiger partial charge in [-0.3, -0.25) is 4.79 Å². The van der Waals surface area contributed by atoms with Crippen molar-refractivity contribution in [3.05, 3.63) is 100 Å². The van der Waals surface area contributed by atoms with Crippen molar-refractivity contribution >= 4 is 38.3 Å². The lowest BCUT2D eigenvalue weighted by atomic mass is 10.1. The van der Waals surface area contributed by atoms with Gasteiger partial charge in [-0.1, -0.05) is 52.3 Å². The van der Waals surface area contributed by atoms with Crippen LogP contribution < -0.4 is 14.8 Å². The third-order valence-corrected chi connectivity index (χ3v) is 5.84. The fourth-order valence-electron chi connectivity index (χ4n) is 3.40. The van der Waals surface area contributed by atoms with Crippen LogP contribution in [-0.4, -0.2) is 13.0 Å². The van der Waals surface area contributed by atoms with Crippen molar-refractivity contribution in [2.75, 3.05) is 12.4 Å². The van der Waals surface area contributed by atoms with Crippen LogP contribution >= 0.6 is 15.9 Å². The van der Waals surface area contributed by atoms with Gasteiger partial charge >= 0.3 is 0 Å². The minimum absolute atomic E-state index is 0.161. The summed E-state index contributed by atoms with van der Waals surface area (Å²) < 4.78 is 12.2. The van der Waals surface area contributed by atoms with Crippen LogP contribution in [0.5, 0.6) is 11.5 Å². The molecule has 5 heteroatoms. The van der Waals surface area contributed by atoms with Gasteiger partial charge in [0.25, 0.3) is 5.91 Å². The topological polar surface area (TPSA) is 47.6 Å². The lowest BCUT2D eigenvalue weighted by Gasteiger charge is -2.14. The molecule has 156 valence electrons. The predicted molar refractivity (Wildman–Crippen MR) is 128 cm³/mol. The number of benzene rings is 4. The smallest absolute Gasteiger partial charge is 0.255 e. The molecule has 4 rings (SSSR count). The number of rotatable bonds is 6. The Labute approximate surface area is 189 Å². The molecule has 0 saturated heterocycles. The van der Waals surface area contributed by atoms with E-state index in [1.165, 1.54) is 0 Å². The third-order valence-electron chi connectivity index (χ3n) is 5.15. The van der Waals surface area contributed by atoms with Gasteiger partial charge in [0.1, 0.15) is 18.1 Å². The van der Waals surface area contributed by atoms with E-state index >= 15 is 0 Å². The second-order valence-electron chi connectivity index (χ2n) is 7.20. The maximum atomic E-state index is 12.9. The number of methoxy groups -OCH3 is 1. The fourth-order valence-corrected chi connectivity index (χ4v) is 3.90. The number of ether oxygens (including phenoxy) is 2. The maximum Gasteiger partial charge on any atom is 0.255 e. The Morgan fingerprint density at radius 2 is 1.77 bits per heavy atom. The minimum Gasteiger partial charge on any atom is -0.497 e.